The van der Waals surface area contributed by atoms with Crippen LogP contribution in [0.4, 0.5) is 0 Å². The van der Waals surface area contributed by atoms with E-state index in [-0.39, 0.29) is 12.6 Å². The van der Waals surface area contributed by atoms with E-state index in [0.717, 1.165) is 31.4 Å². The number of unbranched alkanes of at least 4 members (excludes halogenated alkanes) is 3. The number of ether oxygens (including phenoxy) is 13. The molecule has 1 rings (SSSR count). The van der Waals surface area contributed by atoms with Gasteiger partial charge in [0.2, 0.25) is 0 Å². The van der Waals surface area contributed by atoms with Crippen molar-refractivity contribution in [3.8, 4) is 5.75 Å². The molecule has 0 spiro atoms. The minimum Gasteiger partial charge on any atom is -0.491 e. The molecular weight excluding hydrogens is 668 g/mol. The maximum Gasteiger partial charge on any atom is 0.305 e. The van der Waals surface area contributed by atoms with E-state index in [1.54, 1.807) is 0 Å². The topological polar surface area (TPSA) is 137 Å². The Kier molecular flexibility index (Phi) is 37.7. The normalized spacial score (nSPS) is 11.3. The first-order chi connectivity index (χ1) is 25.3. The Morgan fingerprint density at radius 1 is 0.392 bits per heavy atom. The zero-order chi connectivity index (χ0) is 36.4. The molecule has 0 aliphatic heterocycles. The van der Waals surface area contributed by atoms with Gasteiger partial charge in [0, 0.05) is 6.42 Å². The third-order valence-electron chi connectivity index (χ3n) is 6.68. The van der Waals surface area contributed by atoms with Crippen molar-refractivity contribution >= 4 is 5.97 Å². The summed E-state index contributed by atoms with van der Waals surface area (Å²) >= 11 is 0. The highest BCUT2D eigenvalue weighted by molar-refractivity contribution is 5.69. The number of esters is 1. The summed E-state index contributed by atoms with van der Waals surface area (Å²) in [5.41, 5.74) is 0. The Morgan fingerprint density at radius 3 is 1.04 bits per heavy atom. The molecule has 0 saturated heterocycles. The molecule has 0 amide bonds. The van der Waals surface area contributed by atoms with Crippen molar-refractivity contribution < 1.29 is 66.4 Å². The molecule has 1 aromatic rings. The lowest BCUT2D eigenvalue weighted by molar-refractivity contribution is -0.145. The molecule has 1 aromatic carbocycles. The van der Waals surface area contributed by atoms with Gasteiger partial charge in [0.25, 0.3) is 0 Å². The van der Waals surface area contributed by atoms with Crippen molar-refractivity contribution in [3.63, 3.8) is 0 Å². The molecule has 14 nitrogen and oxygen atoms in total. The Hall–Kier alpha value is -1.95. The van der Waals surface area contributed by atoms with Crippen LogP contribution < -0.4 is 4.74 Å². The fourth-order valence-corrected chi connectivity index (χ4v) is 4.02. The highest BCUT2D eigenvalue weighted by Crippen LogP contribution is 2.07. The van der Waals surface area contributed by atoms with Gasteiger partial charge in [-0.3, -0.25) is 4.79 Å². The molecule has 0 atom stereocenters. The van der Waals surface area contributed by atoms with Crippen molar-refractivity contribution in [2.24, 2.45) is 0 Å². The summed E-state index contributed by atoms with van der Waals surface area (Å²) in [5.74, 6) is 0.688. The zero-order valence-electron chi connectivity index (χ0n) is 31.1. The maximum atomic E-state index is 11.6. The summed E-state index contributed by atoms with van der Waals surface area (Å²) in [4.78, 5) is 11.6. The second-order valence-corrected chi connectivity index (χ2v) is 10.9. The molecule has 14 heteroatoms. The van der Waals surface area contributed by atoms with Crippen molar-refractivity contribution in [1.29, 1.82) is 0 Å². The molecular formula is C37H66O14. The van der Waals surface area contributed by atoms with E-state index >= 15 is 0 Å². The number of hydrogen-bond acceptors (Lipinski definition) is 14. The van der Waals surface area contributed by atoms with Crippen LogP contribution in [0.5, 0.6) is 5.75 Å². The highest BCUT2D eigenvalue weighted by atomic mass is 16.6. The molecule has 0 aliphatic carbocycles. The van der Waals surface area contributed by atoms with E-state index in [0.29, 0.717) is 158 Å². The maximum absolute atomic E-state index is 11.6. The van der Waals surface area contributed by atoms with Gasteiger partial charge < -0.3 is 61.6 Å². The second-order valence-electron chi connectivity index (χ2n) is 10.9. The largest absolute Gasteiger partial charge is 0.491 e. The molecule has 298 valence electrons. The monoisotopic (exact) mass is 734 g/mol. The summed E-state index contributed by atoms with van der Waals surface area (Å²) < 4.78 is 70.9. The molecule has 0 fully saturated rings. The van der Waals surface area contributed by atoms with Crippen LogP contribution in [-0.4, -0.2) is 165 Å². The lowest BCUT2D eigenvalue weighted by Crippen LogP contribution is -2.16. The van der Waals surface area contributed by atoms with Gasteiger partial charge in [-0.2, -0.15) is 0 Å². The van der Waals surface area contributed by atoms with Crippen molar-refractivity contribution in [2.45, 2.75) is 39.0 Å². The third-order valence-corrected chi connectivity index (χ3v) is 6.68. The van der Waals surface area contributed by atoms with Crippen LogP contribution in [0.1, 0.15) is 39.0 Å². The summed E-state index contributed by atoms with van der Waals surface area (Å²) in [5, 5.41) is 0. The van der Waals surface area contributed by atoms with Gasteiger partial charge in [-0.1, -0.05) is 44.4 Å². The number of para-hydroxylation sites is 1. The smallest absolute Gasteiger partial charge is 0.305 e. The minimum absolute atomic E-state index is 0.153. The number of benzene rings is 1. The number of carbonyl (C=O) groups is 1. The quantitative estimate of drug-likeness (QED) is 0.0712. The van der Waals surface area contributed by atoms with E-state index in [2.05, 4.69) is 6.92 Å². The van der Waals surface area contributed by atoms with Gasteiger partial charge in [0.15, 0.2) is 0 Å². The average molecular weight is 735 g/mol. The fraction of sp³-hybridized carbons (Fsp3) is 0.811. The van der Waals surface area contributed by atoms with Crippen LogP contribution in [-0.2, 0) is 61.6 Å². The Morgan fingerprint density at radius 2 is 0.706 bits per heavy atom. The Bertz CT molecular complexity index is 820. The molecule has 0 radical (unpaired) electrons. The average Bonchev–Trinajstić information content (AvgIpc) is 3.15. The first-order valence-electron chi connectivity index (χ1n) is 18.5. The predicted octanol–water partition coefficient (Wildman–Crippen LogP) is 3.76. The van der Waals surface area contributed by atoms with Crippen molar-refractivity contribution in [1.82, 2.24) is 0 Å². The lowest BCUT2D eigenvalue weighted by Gasteiger charge is -2.09. The van der Waals surface area contributed by atoms with Crippen LogP contribution in [0.3, 0.4) is 0 Å². The molecule has 0 aromatic heterocycles. The first-order valence-corrected chi connectivity index (χ1v) is 18.5. The minimum atomic E-state index is -0.153. The molecule has 0 aliphatic rings. The first kappa shape index (κ1) is 47.1. The summed E-state index contributed by atoms with van der Waals surface area (Å²) in [6.45, 7) is 13.8. The Labute approximate surface area is 305 Å². The van der Waals surface area contributed by atoms with Gasteiger partial charge in [0.05, 0.1) is 145 Å². The van der Waals surface area contributed by atoms with E-state index in [4.69, 9.17) is 61.6 Å². The number of rotatable bonds is 42. The van der Waals surface area contributed by atoms with Crippen molar-refractivity contribution in [2.75, 3.05) is 159 Å². The molecule has 0 N–H and O–H groups in total. The predicted molar refractivity (Wildman–Crippen MR) is 191 cm³/mol. The molecule has 51 heavy (non-hydrogen) atoms. The third kappa shape index (κ3) is 37.6. The number of hydrogen-bond donors (Lipinski definition) is 0. The standard InChI is InChI=1S/C37H66O14/c1-2-3-4-8-11-37(38)51-35-33-49-31-29-47-27-25-45-23-21-43-19-17-41-15-13-39-12-14-40-16-18-42-20-22-44-24-26-46-28-30-48-32-34-50-36-9-6-5-7-10-36/h5-7,9-10H,2-4,8,11-35H2,1H3. The van der Waals surface area contributed by atoms with E-state index < -0.39 is 0 Å². The highest BCUT2D eigenvalue weighted by Gasteiger charge is 2.02. The van der Waals surface area contributed by atoms with E-state index in [9.17, 15) is 4.79 Å². The van der Waals surface area contributed by atoms with Gasteiger partial charge in [-0.25, -0.2) is 0 Å². The summed E-state index contributed by atoms with van der Waals surface area (Å²) in [6, 6.07) is 9.66. The van der Waals surface area contributed by atoms with Crippen LogP contribution in [0.2, 0.25) is 0 Å². The van der Waals surface area contributed by atoms with Gasteiger partial charge in [-0.05, 0) is 18.6 Å². The SMILES string of the molecule is CCCCCCC(=O)OCCOCCOCCOCCOCCOCCOCCOCCOCCOCCOCCOCCOc1ccccc1. The fourth-order valence-electron chi connectivity index (χ4n) is 4.02. The van der Waals surface area contributed by atoms with Gasteiger partial charge in [-0.15, -0.1) is 0 Å². The van der Waals surface area contributed by atoms with Crippen LogP contribution in [0, 0.1) is 0 Å². The van der Waals surface area contributed by atoms with Gasteiger partial charge >= 0.3 is 5.97 Å². The van der Waals surface area contributed by atoms with Gasteiger partial charge in [0.1, 0.15) is 19.0 Å². The molecule has 0 saturated carbocycles. The summed E-state index contributed by atoms with van der Waals surface area (Å²) in [7, 11) is 0. The van der Waals surface area contributed by atoms with Crippen LogP contribution >= 0.6 is 0 Å². The van der Waals surface area contributed by atoms with E-state index in [1.807, 2.05) is 30.3 Å². The van der Waals surface area contributed by atoms with E-state index in [1.165, 1.54) is 0 Å². The van der Waals surface area contributed by atoms with Crippen LogP contribution in [0.15, 0.2) is 30.3 Å². The Balaban J connectivity index is 1.62. The second kappa shape index (κ2) is 40.8. The molecule has 0 bridgehead atoms. The lowest BCUT2D eigenvalue weighted by atomic mass is 10.2. The van der Waals surface area contributed by atoms with Crippen LogP contribution in [0.25, 0.3) is 0 Å². The number of carbonyl (C=O) groups excluding carboxylic acids is 1. The molecule has 0 unspecified atom stereocenters. The summed E-state index contributed by atoms with van der Waals surface area (Å²) in [6.07, 6.45) is 4.75. The van der Waals surface area contributed by atoms with Crippen molar-refractivity contribution in [3.05, 3.63) is 30.3 Å². The zero-order valence-corrected chi connectivity index (χ0v) is 31.1. The molecule has 0 heterocycles.